The van der Waals surface area contributed by atoms with Gasteiger partial charge in [0.2, 0.25) is 0 Å². The fourth-order valence-electron chi connectivity index (χ4n) is 2.16. The maximum absolute atomic E-state index is 12.1. The van der Waals surface area contributed by atoms with E-state index in [0.29, 0.717) is 23.1 Å². The van der Waals surface area contributed by atoms with Crippen molar-refractivity contribution >= 4 is 35.1 Å². The molecule has 0 fully saturated rings. The second-order valence-corrected chi connectivity index (χ2v) is 6.47. The van der Waals surface area contributed by atoms with Crippen molar-refractivity contribution in [3.63, 3.8) is 0 Å². The van der Waals surface area contributed by atoms with Crippen molar-refractivity contribution in [3.8, 4) is 11.5 Å². The van der Waals surface area contributed by atoms with E-state index in [-0.39, 0.29) is 24.1 Å². The van der Waals surface area contributed by atoms with E-state index in [1.807, 2.05) is 24.3 Å². The molecule has 1 amide bonds. The number of ether oxygens (including phenoxy) is 3. The van der Waals surface area contributed by atoms with E-state index in [4.69, 9.17) is 37.4 Å². The monoisotopic (exact) mass is 411 g/mol. The lowest BCUT2D eigenvalue weighted by Gasteiger charge is -2.17. The number of methoxy groups -OCH3 is 1. The van der Waals surface area contributed by atoms with Crippen LogP contribution in [0.4, 0.5) is 0 Å². The Hall–Kier alpha value is -2.44. The molecule has 2 aromatic rings. The summed E-state index contributed by atoms with van der Waals surface area (Å²) in [6.45, 7) is -0.379. The van der Waals surface area contributed by atoms with Crippen LogP contribution in [0.15, 0.2) is 42.5 Å². The minimum absolute atomic E-state index is 0.282. The van der Waals surface area contributed by atoms with Crippen LogP contribution < -0.4 is 9.47 Å². The molecule has 0 aliphatic heterocycles. The van der Waals surface area contributed by atoms with E-state index in [0.717, 1.165) is 5.56 Å². The Balaban J connectivity index is 1.77. The van der Waals surface area contributed by atoms with Crippen LogP contribution in [0.2, 0.25) is 10.0 Å². The Bertz CT molecular complexity index is 812. The van der Waals surface area contributed by atoms with E-state index in [2.05, 4.69) is 0 Å². The normalized spacial score (nSPS) is 10.2. The van der Waals surface area contributed by atoms with E-state index < -0.39 is 5.97 Å². The second kappa shape index (κ2) is 10.0. The lowest BCUT2D eigenvalue weighted by molar-refractivity contribution is -0.153. The molecule has 0 unspecified atom stereocenters. The Morgan fingerprint density at radius 2 is 1.85 bits per heavy atom. The van der Waals surface area contributed by atoms with Crippen LogP contribution in [-0.4, -0.2) is 44.1 Å². The van der Waals surface area contributed by atoms with Gasteiger partial charge in [-0.05, 0) is 35.9 Å². The molecule has 27 heavy (non-hydrogen) atoms. The van der Waals surface area contributed by atoms with Gasteiger partial charge in [0.05, 0.1) is 12.1 Å². The molecule has 6 nitrogen and oxygen atoms in total. The first kappa shape index (κ1) is 20.9. The first-order valence-corrected chi connectivity index (χ1v) is 8.75. The van der Waals surface area contributed by atoms with E-state index in [1.165, 1.54) is 11.0 Å². The summed E-state index contributed by atoms with van der Waals surface area (Å²) < 4.78 is 15.4. The van der Waals surface area contributed by atoms with Crippen molar-refractivity contribution < 1.29 is 23.8 Å². The topological polar surface area (TPSA) is 65.1 Å². The number of esters is 1. The Labute approximate surface area is 167 Å². The molecule has 0 N–H and O–H groups in total. The molecule has 0 bridgehead atoms. The maximum Gasteiger partial charge on any atom is 0.344 e. The number of carbonyl (C=O) groups excluding carboxylic acids is 2. The van der Waals surface area contributed by atoms with Crippen molar-refractivity contribution in [1.82, 2.24) is 4.90 Å². The highest BCUT2D eigenvalue weighted by Gasteiger charge is 2.14. The van der Waals surface area contributed by atoms with E-state index >= 15 is 0 Å². The highest BCUT2D eigenvalue weighted by Crippen LogP contribution is 2.27. The van der Waals surface area contributed by atoms with E-state index in [9.17, 15) is 9.59 Å². The molecule has 2 rings (SSSR count). The Morgan fingerprint density at radius 1 is 1.07 bits per heavy atom. The molecule has 0 spiro atoms. The van der Waals surface area contributed by atoms with Gasteiger partial charge in [-0.15, -0.1) is 0 Å². The number of halogens is 2. The van der Waals surface area contributed by atoms with E-state index in [1.54, 1.807) is 26.3 Å². The second-order valence-electron chi connectivity index (χ2n) is 5.63. The van der Waals surface area contributed by atoms with Gasteiger partial charge < -0.3 is 19.1 Å². The molecular formula is C19H19Cl2NO5. The summed E-state index contributed by atoms with van der Waals surface area (Å²) >= 11 is 11.7. The quantitative estimate of drug-likeness (QED) is 0.621. The number of carbonyl (C=O) groups is 2. The maximum atomic E-state index is 12.1. The third kappa shape index (κ3) is 6.66. The van der Waals surface area contributed by atoms with Crippen LogP contribution in [0.25, 0.3) is 0 Å². The van der Waals surface area contributed by atoms with Crippen LogP contribution in [-0.2, 0) is 20.9 Å². The highest BCUT2D eigenvalue weighted by molar-refractivity contribution is 6.35. The minimum Gasteiger partial charge on any atom is -0.497 e. The van der Waals surface area contributed by atoms with Crippen LogP contribution in [0.1, 0.15) is 5.56 Å². The highest BCUT2D eigenvalue weighted by atomic mass is 35.5. The van der Waals surface area contributed by atoms with Crippen molar-refractivity contribution in [1.29, 1.82) is 0 Å². The number of likely N-dealkylation sites (N-methyl/N-ethyl adjacent to an activating group) is 1. The molecule has 0 saturated carbocycles. The first-order chi connectivity index (χ1) is 12.9. The van der Waals surface area contributed by atoms with Crippen molar-refractivity contribution in [2.75, 3.05) is 27.4 Å². The lowest BCUT2D eigenvalue weighted by Crippen LogP contribution is -2.31. The molecule has 0 radical (unpaired) electrons. The minimum atomic E-state index is -0.677. The predicted octanol–water partition coefficient (Wildman–Crippen LogP) is 3.58. The lowest BCUT2D eigenvalue weighted by atomic mass is 10.2. The average molecular weight is 412 g/mol. The number of nitrogens with zero attached hydrogens (tertiary/aromatic N) is 1. The molecular weight excluding hydrogens is 393 g/mol. The van der Waals surface area contributed by atoms with Crippen LogP contribution in [0, 0.1) is 0 Å². The summed E-state index contributed by atoms with van der Waals surface area (Å²) in [7, 11) is 3.20. The smallest absolute Gasteiger partial charge is 0.344 e. The molecule has 2 aromatic carbocycles. The zero-order chi connectivity index (χ0) is 19.8. The van der Waals surface area contributed by atoms with Gasteiger partial charge in [-0.3, -0.25) is 4.79 Å². The van der Waals surface area contributed by atoms with Crippen molar-refractivity contribution in [2.24, 2.45) is 0 Å². The fourth-order valence-corrected chi connectivity index (χ4v) is 2.62. The van der Waals surface area contributed by atoms with Gasteiger partial charge >= 0.3 is 5.97 Å². The van der Waals surface area contributed by atoms with Crippen LogP contribution >= 0.6 is 23.2 Å². The number of rotatable bonds is 8. The number of benzene rings is 2. The number of amides is 1. The van der Waals surface area contributed by atoms with Gasteiger partial charge in [0, 0.05) is 18.6 Å². The predicted molar refractivity (Wildman–Crippen MR) is 102 cm³/mol. The summed E-state index contributed by atoms with van der Waals surface area (Å²) in [5.41, 5.74) is 0.900. The Kier molecular flexibility index (Phi) is 7.76. The summed E-state index contributed by atoms with van der Waals surface area (Å²) in [6, 6.07) is 12.0. The molecule has 144 valence electrons. The molecule has 8 heteroatoms. The summed E-state index contributed by atoms with van der Waals surface area (Å²) in [6.07, 6.45) is 0. The third-order valence-electron chi connectivity index (χ3n) is 3.58. The molecule has 0 heterocycles. The van der Waals surface area contributed by atoms with Gasteiger partial charge in [-0.1, -0.05) is 35.3 Å². The van der Waals surface area contributed by atoms with Gasteiger partial charge in [0.25, 0.3) is 5.91 Å². The zero-order valence-corrected chi connectivity index (χ0v) is 16.4. The third-order valence-corrected chi connectivity index (χ3v) is 4.11. The standard InChI is InChI=1S/C19H19Cl2NO5/c1-22(10-13-4-3-5-15(8-13)25-2)18(23)11-27-19(24)12-26-17-7-6-14(20)9-16(17)21/h3-9H,10-12H2,1-2H3. The first-order valence-electron chi connectivity index (χ1n) is 7.99. The Morgan fingerprint density at radius 3 is 2.56 bits per heavy atom. The fraction of sp³-hybridized carbons (Fsp3) is 0.263. The van der Waals surface area contributed by atoms with Crippen LogP contribution in [0.3, 0.4) is 0 Å². The number of hydrogen-bond donors (Lipinski definition) is 0. The molecule has 0 atom stereocenters. The molecule has 0 aromatic heterocycles. The molecule has 0 saturated heterocycles. The number of hydrogen-bond acceptors (Lipinski definition) is 5. The zero-order valence-electron chi connectivity index (χ0n) is 14.9. The largest absolute Gasteiger partial charge is 0.497 e. The van der Waals surface area contributed by atoms with Gasteiger partial charge in [-0.2, -0.15) is 0 Å². The molecule has 0 aliphatic carbocycles. The van der Waals surface area contributed by atoms with Crippen molar-refractivity contribution in [2.45, 2.75) is 6.54 Å². The average Bonchev–Trinajstić information content (AvgIpc) is 2.65. The van der Waals surface area contributed by atoms with Gasteiger partial charge in [0.15, 0.2) is 13.2 Å². The molecule has 0 aliphatic rings. The SMILES string of the molecule is COc1cccc(CN(C)C(=O)COC(=O)COc2ccc(Cl)cc2Cl)c1. The summed E-state index contributed by atoms with van der Waals surface area (Å²) in [4.78, 5) is 25.3. The van der Waals surface area contributed by atoms with Crippen LogP contribution in [0.5, 0.6) is 11.5 Å². The van der Waals surface area contributed by atoms with Crippen molar-refractivity contribution in [3.05, 3.63) is 58.1 Å². The summed E-state index contributed by atoms with van der Waals surface area (Å²) in [5, 5.41) is 0.740. The summed E-state index contributed by atoms with van der Waals surface area (Å²) in [5.74, 6) is -0.00267. The van der Waals surface area contributed by atoms with Gasteiger partial charge in [-0.25, -0.2) is 4.79 Å². The van der Waals surface area contributed by atoms with Gasteiger partial charge in [0.1, 0.15) is 11.5 Å².